The van der Waals surface area contributed by atoms with E-state index < -0.39 is 0 Å². The van der Waals surface area contributed by atoms with Crippen LogP contribution < -0.4 is 0 Å². The second-order valence-electron chi connectivity index (χ2n) is 40.2. The van der Waals surface area contributed by atoms with E-state index in [-0.39, 0.29) is 61.5 Å². The van der Waals surface area contributed by atoms with E-state index in [1.54, 1.807) is 0 Å². The number of esters is 6. The van der Waals surface area contributed by atoms with Crippen molar-refractivity contribution in [2.75, 3.05) is 39.6 Å². The summed E-state index contributed by atoms with van der Waals surface area (Å²) in [4.78, 5) is 123. The minimum atomic E-state index is -0.179. The Hall–Kier alpha value is -9.98. The first-order valence-corrected chi connectivity index (χ1v) is 54.7. The van der Waals surface area contributed by atoms with E-state index in [0.29, 0.717) is 204 Å². The average molecular weight is 1890 g/mol. The van der Waals surface area contributed by atoms with Crippen molar-refractivity contribution in [3.8, 4) is 0 Å². The average Bonchev–Trinajstić information content (AvgIpc) is 1.53. The molecule has 0 amide bonds. The summed E-state index contributed by atoms with van der Waals surface area (Å²) in [5.41, 5.74) is 19.6. The van der Waals surface area contributed by atoms with Gasteiger partial charge in [-0.3, -0.25) is 28.8 Å². The number of hydrogen-bond acceptors (Lipinski definition) is 16. The van der Waals surface area contributed by atoms with Crippen molar-refractivity contribution < 1.29 is 57.2 Å². The molecule has 0 fully saturated rings. The lowest BCUT2D eigenvalue weighted by Gasteiger charge is -2.14. The Balaban J connectivity index is 1.10. The standard InChI is InChI=1S/C118H166N8O12/c1-13-25-43-79(19-7)73-133-107(127)55-37-31-49-85-95-61-65-99(119-95)87(51-33-39-57-109(129)135-75-81(21-9)45-27-15-3)103-69-91-93-71-105-89(53-35-41-59-111(131)137-77-83(23-11)47-29-17-5)101-67-63-97(121-101)86(50-32-38-56-108(128)134-74-80(20-8)44-26-14-2)98-64-68-102(122-98)90(54-36-42-60-112(132)138-78-84(24-12)48-30-18-6)106-72-94-92-70-104(124-116(92)113(115(91)123-103)114(117(93)125-105)118(94)126-106)88(100-66-62-96(85)120-100)52-34-40-58-110(130)136-76-82(22-10)46-28-16-4/h61-72,79-84,119,122,124-125H,13-60,73-78H2,1-12H3. The molecule has 0 spiro atoms. The molecule has 2 aliphatic rings. The summed E-state index contributed by atoms with van der Waals surface area (Å²) >= 11 is 0. The van der Waals surface area contributed by atoms with E-state index >= 15 is 0 Å². The Bertz CT molecular complexity index is 5510. The molecule has 10 heterocycles. The number of hydrogen-bond donors (Lipinski definition) is 4. The van der Waals surface area contributed by atoms with Gasteiger partial charge in [-0.15, -0.1) is 0 Å². The number of aromatic nitrogens is 8. The van der Waals surface area contributed by atoms with Crippen LogP contribution in [0.15, 0.2) is 48.5 Å². The molecule has 750 valence electrons. The van der Waals surface area contributed by atoms with Gasteiger partial charge in [0.25, 0.3) is 0 Å². The van der Waals surface area contributed by atoms with Gasteiger partial charge >= 0.3 is 35.8 Å². The molecule has 20 heteroatoms. The third-order valence-corrected chi connectivity index (χ3v) is 29.9. The second-order valence-corrected chi connectivity index (χ2v) is 40.2. The first-order valence-electron chi connectivity index (χ1n) is 54.7. The quantitative estimate of drug-likeness (QED) is 0.0157. The van der Waals surface area contributed by atoms with Crippen molar-refractivity contribution in [2.45, 2.75) is 391 Å². The van der Waals surface area contributed by atoms with Crippen LogP contribution in [0.3, 0.4) is 0 Å². The van der Waals surface area contributed by atoms with E-state index in [9.17, 15) is 28.8 Å². The van der Waals surface area contributed by atoms with Gasteiger partial charge in [-0.25, -0.2) is 19.9 Å². The highest BCUT2D eigenvalue weighted by molar-refractivity contribution is 6.39. The molecule has 16 bridgehead atoms. The number of aromatic amines is 4. The maximum absolute atomic E-state index is 13.9. The fraction of sp³-hybridized carbons (Fsp3) is 0.610. The predicted octanol–water partition coefficient (Wildman–Crippen LogP) is 30.4. The van der Waals surface area contributed by atoms with Gasteiger partial charge in [0.15, 0.2) is 0 Å². The van der Waals surface area contributed by atoms with Crippen molar-refractivity contribution in [3.63, 3.8) is 0 Å². The molecule has 4 N–H and O–H groups in total. The van der Waals surface area contributed by atoms with Crippen LogP contribution in [0.2, 0.25) is 0 Å². The largest absolute Gasteiger partial charge is 0.465 e. The highest BCUT2D eigenvalue weighted by Crippen LogP contribution is 2.47. The first kappa shape index (κ1) is 107. The van der Waals surface area contributed by atoms with Gasteiger partial charge in [0.2, 0.25) is 0 Å². The number of carbonyl (C=O) groups excluding carboxylic acids is 6. The third-order valence-electron chi connectivity index (χ3n) is 29.9. The van der Waals surface area contributed by atoms with Gasteiger partial charge in [0.05, 0.1) is 95.5 Å². The van der Waals surface area contributed by atoms with Crippen molar-refractivity contribution in [3.05, 3.63) is 105 Å². The smallest absolute Gasteiger partial charge is 0.305 e. The van der Waals surface area contributed by atoms with Crippen molar-refractivity contribution in [1.82, 2.24) is 39.9 Å². The number of nitrogens with zero attached hydrogens (tertiary/aromatic N) is 4. The van der Waals surface area contributed by atoms with Crippen LogP contribution in [-0.2, 0) is 95.7 Å². The van der Waals surface area contributed by atoms with Gasteiger partial charge < -0.3 is 48.4 Å². The van der Waals surface area contributed by atoms with Gasteiger partial charge in [-0.05, 0) is 262 Å². The van der Waals surface area contributed by atoms with Gasteiger partial charge in [0, 0.05) is 137 Å². The molecule has 0 aliphatic carbocycles. The Morgan fingerprint density at radius 2 is 0.478 bits per heavy atom. The van der Waals surface area contributed by atoms with E-state index in [1.165, 1.54) is 0 Å². The fourth-order valence-electron chi connectivity index (χ4n) is 20.5. The maximum Gasteiger partial charge on any atom is 0.305 e. The summed E-state index contributed by atoms with van der Waals surface area (Å²) in [5, 5.41) is 5.57. The molecular formula is C118H166N8O12. The number of aryl methyl sites for hydroxylation is 6. The Labute approximate surface area is 822 Å². The van der Waals surface area contributed by atoms with Crippen LogP contribution in [0.4, 0.5) is 0 Å². The summed E-state index contributed by atoms with van der Waals surface area (Å²) in [6, 6.07) is 17.9. The highest BCUT2D eigenvalue weighted by Gasteiger charge is 2.28. The lowest BCUT2D eigenvalue weighted by atomic mass is 9.98. The number of rotatable bonds is 66. The minimum absolute atomic E-state index is 0.168. The molecule has 6 atom stereocenters. The summed E-state index contributed by atoms with van der Waals surface area (Å²) < 4.78 is 36.2. The van der Waals surface area contributed by atoms with Crippen LogP contribution >= 0.6 is 0 Å². The summed E-state index contributed by atoms with van der Waals surface area (Å²) in [6.45, 7) is 28.9. The normalized spacial score (nSPS) is 13.6. The number of unbranched alkanes of at least 4 members (excludes halogenated alkanes) is 12. The van der Waals surface area contributed by atoms with Crippen LogP contribution in [-0.4, -0.2) is 115 Å². The SMILES string of the molecule is CCCCC(CC)COC(=O)CCCCc1c2nc(c(CCCCC(=O)OCC(CC)CCCC)c3cc4c5cc6nc5c5c7[nH]c(cc7c7cc(nc7c5c4[nH]3)c(CCCCC(=O)OCC(CC)CCCC)c3ccc1[nH]3)c(CCCCC(=O)OCC(CC)CCCC)c1nc(c(CCCCC(=O)OCC(CC)CCCC)c3ccc([nH]3)c6CCCCC(=O)OCC(CC)CCCC)C=C1)C=C2. The van der Waals surface area contributed by atoms with Gasteiger partial charge in [-0.1, -0.05) is 199 Å². The minimum Gasteiger partial charge on any atom is -0.465 e. The van der Waals surface area contributed by atoms with Gasteiger partial charge in [-0.2, -0.15) is 0 Å². The highest BCUT2D eigenvalue weighted by atomic mass is 16.6. The lowest BCUT2D eigenvalue weighted by Crippen LogP contribution is -2.13. The molecule has 6 unspecified atom stereocenters. The predicted molar refractivity (Wildman–Crippen MR) is 568 cm³/mol. The number of H-pyrrole nitrogens is 4. The summed E-state index contributed by atoms with van der Waals surface area (Å²) in [6.07, 6.45) is 46.8. The van der Waals surface area contributed by atoms with E-state index in [1.807, 2.05) is 0 Å². The number of nitrogens with one attached hydrogen (secondary N) is 4. The number of carbonyl (C=O) groups is 6. The van der Waals surface area contributed by atoms with E-state index in [2.05, 4.69) is 176 Å². The zero-order valence-corrected chi connectivity index (χ0v) is 86.3. The maximum atomic E-state index is 13.9. The zero-order chi connectivity index (χ0) is 97.7. The molecule has 12 rings (SSSR count). The number of benzene rings is 2. The molecule has 0 saturated heterocycles. The molecule has 0 radical (unpaired) electrons. The Morgan fingerprint density at radius 3 is 0.710 bits per heavy atom. The molecule has 8 aromatic heterocycles. The van der Waals surface area contributed by atoms with Crippen LogP contribution in [0, 0.1) is 35.5 Å². The van der Waals surface area contributed by atoms with Crippen molar-refractivity contribution in [1.29, 1.82) is 0 Å². The first-order chi connectivity index (χ1) is 67.4. The van der Waals surface area contributed by atoms with Crippen LogP contribution in [0.25, 0.3) is 123 Å². The van der Waals surface area contributed by atoms with Crippen LogP contribution in [0.1, 0.15) is 409 Å². The summed E-state index contributed by atoms with van der Waals surface area (Å²) in [5.74, 6) is 0.943. The van der Waals surface area contributed by atoms with Crippen molar-refractivity contribution >= 4 is 159 Å². The van der Waals surface area contributed by atoms with E-state index in [0.717, 1.165) is 309 Å². The topological polar surface area (TPSA) is 273 Å². The Morgan fingerprint density at radius 1 is 0.254 bits per heavy atom. The monoisotopic (exact) mass is 1890 g/mol. The number of fused-ring (bicyclic) bond motifs is 14. The molecule has 138 heavy (non-hydrogen) atoms. The molecule has 20 nitrogen and oxygen atoms in total. The Kier molecular flexibility index (Phi) is 43.3. The summed E-state index contributed by atoms with van der Waals surface area (Å²) in [7, 11) is 0. The molecular weight excluding hydrogens is 1720 g/mol. The third kappa shape index (κ3) is 29.6. The molecule has 0 saturated carbocycles. The fourth-order valence-corrected chi connectivity index (χ4v) is 20.5. The molecule has 10 aromatic rings. The number of ether oxygens (including phenoxy) is 6. The lowest BCUT2D eigenvalue weighted by molar-refractivity contribution is -0.146. The van der Waals surface area contributed by atoms with Crippen LogP contribution in [0.5, 0.6) is 0 Å². The second kappa shape index (κ2) is 55.9. The van der Waals surface area contributed by atoms with Gasteiger partial charge in [0.1, 0.15) is 0 Å². The van der Waals surface area contributed by atoms with E-state index in [4.69, 9.17) is 48.4 Å². The molecule has 2 aliphatic heterocycles. The molecule has 2 aromatic carbocycles. The van der Waals surface area contributed by atoms with Crippen molar-refractivity contribution in [2.24, 2.45) is 35.5 Å². The zero-order valence-electron chi connectivity index (χ0n) is 86.3.